The Kier molecular flexibility index (Phi) is 4.82. The fourth-order valence-corrected chi connectivity index (χ4v) is 2.46. The van der Waals surface area contributed by atoms with Gasteiger partial charge in [-0.2, -0.15) is 0 Å². The van der Waals surface area contributed by atoms with Crippen LogP contribution in [0.25, 0.3) is 5.57 Å². The van der Waals surface area contributed by atoms with Crippen LogP contribution in [0.4, 0.5) is 0 Å². The summed E-state index contributed by atoms with van der Waals surface area (Å²) < 4.78 is 21.9. The molecule has 1 aliphatic carbocycles. The number of benzene rings is 1. The highest BCUT2D eigenvalue weighted by molar-refractivity contribution is 5.78. The minimum atomic E-state index is -0.175. The summed E-state index contributed by atoms with van der Waals surface area (Å²) in [6.07, 6.45) is 5.67. The van der Waals surface area contributed by atoms with Gasteiger partial charge in [0.25, 0.3) is 0 Å². The maximum atomic E-state index is 5.59. The van der Waals surface area contributed by atoms with E-state index in [1.807, 2.05) is 36.4 Å². The zero-order valence-electron chi connectivity index (χ0n) is 12.3. The predicted octanol–water partition coefficient (Wildman–Crippen LogP) is 2.69. The van der Waals surface area contributed by atoms with Crippen molar-refractivity contribution >= 4 is 5.57 Å². The van der Waals surface area contributed by atoms with E-state index in [4.69, 9.17) is 18.9 Å². The van der Waals surface area contributed by atoms with Crippen molar-refractivity contribution in [3.05, 3.63) is 42.0 Å². The van der Waals surface area contributed by atoms with E-state index in [0.717, 1.165) is 11.1 Å². The van der Waals surface area contributed by atoms with Gasteiger partial charge in [0.05, 0.1) is 14.2 Å². The second-order valence-electron chi connectivity index (χ2n) is 4.40. The molecule has 0 saturated heterocycles. The van der Waals surface area contributed by atoms with E-state index in [2.05, 4.69) is 0 Å². The van der Waals surface area contributed by atoms with Crippen LogP contribution in [0.15, 0.2) is 36.4 Å². The first-order valence-corrected chi connectivity index (χ1v) is 6.42. The Morgan fingerprint density at radius 1 is 0.950 bits per heavy atom. The first-order chi connectivity index (χ1) is 9.76. The number of para-hydroxylation sites is 1. The van der Waals surface area contributed by atoms with Gasteiger partial charge in [-0.25, -0.2) is 0 Å². The molecule has 1 aromatic rings. The van der Waals surface area contributed by atoms with Crippen molar-refractivity contribution in [1.82, 2.24) is 0 Å². The molecule has 2 atom stereocenters. The molecule has 0 fully saturated rings. The van der Waals surface area contributed by atoms with Gasteiger partial charge in [0.1, 0.15) is 12.2 Å². The molecular formula is C16H20O4. The van der Waals surface area contributed by atoms with Gasteiger partial charge < -0.3 is 18.9 Å². The van der Waals surface area contributed by atoms with Gasteiger partial charge in [-0.15, -0.1) is 0 Å². The average molecular weight is 276 g/mol. The SMILES string of the molecule is COc1cccc(C2=CC=CC(OC)C2OC)c1OC. The summed E-state index contributed by atoms with van der Waals surface area (Å²) in [6.45, 7) is 0. The fraction of sp³-hybridized carbons (Fsp3) is 0.375. The normalized spacial score (nSPS) is 21.5. The molecule has 108 valence electrons. The number of ether oxygens (including phenoxy) is 4. The molecule has 0 N–H and O–H groups in total. The van der Waals surface area contributed by atoms with Crippen LogP contribution in [0.3, 0.4) is 0 Å². The molecule has 0 radical (unpaired) electrons. The second kappa shape index (κ2) is 6.59. The fourth-order valence-electron chi connectivity index (χ4n) is 2.46. The monoisotopic (exact) mass is 276 g/mol. The topological polar surface area (TPSA) is 36.9 Å². The summed E-state index contributed by atoms with van der Waals surface area (Å²) in [6, 6.07) is 5.80. The van der Waals surface area contributed by atoms with Crippen LogP contribution in [0, 0.1) is 0 Å². The lowest BCUT2D eigenvalue weighted by atomic mass is 9.91. The van der Waals surface area contributed by atoms with Crippen LogP contribution in [0.5, 0.6) is 11.5 Å². The number of methoxy groups -OCH3 is 4. The largest absolute Gasteiger partial charge is 0.493 e. The van der Waals surface area contributed by atoms with E-state index >= 15 is 0 Å². The van der Waals surface area contributed by atoms with E-state index in [-0.39, 0.29) is 12.2 Å². The molecule has 1 aromatic carbocycles. The summed E-state index contributed by atoms with van der Waals surface area (Å²) >= 11 is 0. The molecule has 0 spiro atoms. The molecule has 0 aromatic heterocycles. The lowest BCUT2D eigenvalue weighted by molar-refractivity contribution is 0.0194. The minimum Gasteiger partial charge on any atom is -0.493 e. The maximum absolute atomic E-state index is 5.59. The number of hydrogen-bond donors (Lipinski definition) is 0. The van der Waals surface area contributed by atoms with Crippen molar-refractivity contribution in [3.8, 4) is 11.5 Å². The van der Waals surface area contributed by atoms with Crippen LogP contribution in [-0.4, -0.2) is 40.6 Å². The summed E-state index contributed by atoms with van der Waals surface area (Å²) in [4.78, 5) is 0. The lowest BCUT2D eigenvalue weighted by Gasteiger charge is -2.28. The van der Waals surface area contributed by atoms with Crippen molar-refractivity contribution < 1.29 is 18.9 Å². The number of allylic oxidation sites excluding steroid dienone is 2. The molecule has 4 heteroatoms. The van der Waals surface area contributed by atoms with E-state index < -0.39 is 0 Å². The maximum Gasteiger partial charge on any atom is 0.168 e. The van der Waals surface area contributed by atoms with Crippen LogP contribution in [-0.2, 0) is 9.47 Å². The highest BCUT2D eigenvalue weighted by Gasteiger charge is 2.28. The van der Waals surface area contributed by atoms with Crippen LogP contribution in [0.2, 0.25) is 0 Å². The van der Waals surface area contributed by atoms with Crippen LogP contribution in [0.1, 0.15) is 5.56 Å². The molecule has 2 unspecified atom stereocenters. The molecule has 0 bridgehead atoms. The first-order valence-electron chi connectivity index (χ1n) is 6.42. The minimum absolute atomic E-state index is 0.115. The predicted molar refractivity (Wildman–Crippen MR) is 78.3 cm³/mol. The molecule has 0 aliphatic heterocycles. The molecule has 0 heterocycles. The van der Waals surface area contributed by atoms with E-state index in [1.165, 1.54) is 0 Å². The summed E-state index contributed by atoms with van der Waals surface area (Å²) in [5.41, 5.74) is 1.96. The molecule has 1 aliphatic rings. The second-order valence-corrected chi connectivity index (χ2v) is 4.40. The Hall–Kier alpha value is -1.78. The number of rotatable bonds is 5. The molecular weight excluding hydrogens is 256 g/mol. The van der Waals surface area contributed by atoms with Gasteiger partial charge in [0, 0.05) is 19.8 Å². The Labute approximate surface area is 119 Å². The molecule has 20 heavy (non-hydrogen) atoms. The van der Waals surface area contributed by atoms with Gasteiger partial charge in [-0.3, -0.25) is 0 Å². The van der Waals surface area contributed by atoms with Gasteiger partial charge in [-0.1, -0.05) is 30.4 Å². The van der Waals surface area contributed by atoms with Crippen molar-refractivity contribution in [3.63, 3.8) is 0 Å². The zero-order valence-corrected chi connectivity index (χ0v) is 12.3. The Morgan fingerprint density at radius 3 is 2.35 bits per heavy atom. The van der Waals surface area contributed by atoms with Crippen molar-refractivity contribution in [1.29, 1.82) is 0 Å². The van der Waals surface area contributed by atoms with Crippen molar-refractivity contribution in [2.75, 3.05) is 28.4 Å². The average Bonchev–Trinajstić information content (AvgIpc) is 2.52. The highest BCUT2D eigenvalue weighted by Crippen LogP contribution is 2.38. The summed E-state index contributed by atoms with van der Waals surface area (Å²) in [5, 5.41) is 0. The lowest BCUT2D eigenvalue weighted by Crippen LogP contribution is -2.31. The third-order valence-electron chi connectivity index (χ3n) is 3.42. The van der Waals surface area contributed by atoms with Gasteiger partial charge in [0.2, 0.25) is 0 Å². The standard InChI is InChI=1S/C16H20O4/c1-17-13-9-5-7-11(15(13)19-3)12-8-6-10-14(18-2)16(12)20-4/h5-10,13,15H,1-4H3. The molecule has 0 amide bonds. The summed E-state index contributed by atoms with van der Waals surface area (Å²) in [5.74, 6) is 1.40. The van der Waals surface area contributed by atoms with Gasteiger partial charge in [0.15, 0.2) is 11.5 Å². The van der Waals surface area contributed by atoms with Crippen molar-refractivity contribution in [2.24, 2.45) is 0 Å². The van der Waals surface area contributed by atoms with E-state index in [9.17, 15) is 0 Å². The smallest absolute Gasteiger partial charge is 0.168 e. The number of hydrogen-bond acceptors (Lipinski definition) is 4. The third kappa shape index (κ3) is 2.57. The quantitative estimate of drug-likeness (QED) is 0.828. The first kappa shape index (κ1) is 14.6. The molecule has 0 saturated carbocycles. The molecule has 2 rings (SSSR count). The van der Waals surface area contributed by atoms with E-state index in [1.54, 1.807) is 28.4 Å². The van der Waals surface area contributed by atoms with Crippen molar-refractivity contribution in [2.45, 2.75) is 12.2 Å². The Bertz CT molecular complexity index is 519. The summed E-state index contributed by atoms with van der Waals surface area (Å²) in [7, 11) is 6.61. The van der Waals surface area contributed by atoms with Crippen LogP contribution >= 0.6 is 0 Å². The highest BCUT2D eigenvalue weighted by atomic mass is 16.5. The Balaban J connectivity index is 2.49. The third-order valence-corrected chi connectivity index (χ3v) is 3.42. The zero-order chi connectivity index (χ0) is 14.5. The van der Waals surface area contributed by atoms with Crippen LogP contribution < -0.4 is 9.47 Å². The van der Waals surface area contributed by atoms with Gasteiger partial charge >= 0.3 is 0 Å². The van der Waals surface area contributed by atoms with E-state index in [0.29, 0.717) is 11.5 Å². The Morgan fingerprint density at radius 2 is 1.75 bits per heavy atom. The van der Waals surface area contributed by atoms with Gasteiger partial charge in [-0.05, 0) is 11.6 Å². The molecule has 4 nitrogen and oxygen atoms in total.